The lowest BCUT2D eigenvalue weighted by Gasteiger charge is -2.17. The molecular formula is C26H29NO4. The van der Waals surface area contributed by atoms with E-state index in [-0.39, 0.29) is 11.0 Å². The molecule has 0 aliphatic rings. The van der Waals surface area contributed by atoms with Crippen LogP contribution in [0.15, 0.2) is 51.7 Å². The zero-order valence-electron chi connectivity index (χ0n) is 18.8. The molecule has 0 atom stereocenters. The monoisotopic (exact) mass is 419 g/mol. The topological polar surface area (TPSA) is 68.5 Å². The van der Waals surface area contributed by atoms with Gasteiger partial charge < -0.3 is 14.5 Å². The van der Waals surface area contributed by atoms with Crippen molar-refractivity contribution in [3.8, 4) is 16.9 Å². The molecule has 0 bridgehead atoms. The maximum absolute atomic E-state index is 13.4. The minimum absolute atomic E-state index is 0.0300. The van der Waals surface area contributed by atoms with Crippen LogP contribution in [0.5, 0.6) is 5.75 Å². The average molecular weight is 420 g/mol. The summed E-state index contributed by atoms with van der Waals surface area (Å²) >= 11 is 0. The van der Waals surface area contributed by atoms with E-state index in [0.29, 0.717) is 23.7 Å². The quantitative estimate of drug-likeness (QED) is 0.533. The first kappa shape index (κ1) is 22.3. The zero-order valence-corrected chi connectivity index (χ0v) is 18.8. The van der Waals surface area contributed by atoms with Crippen molar-refractivity contribution in [3.05, 3.63) is 80.9 Å². The van der Waals surface area contributed by atoms with Gasteiger partial charge in [0.25, 0.3) is 5.91 Å². The largest absolute Gasteiger partial charge is 0.494 e. The zero-order chi connectivity index (χ0) is 22.5. The molecule has 5 heteroatoms. The van der Waals surface area contributed by atoms with Crippen LogP contribution in [0.3, 0.4) is 0 Å². The summed E-state index contributed by atoms with van der Waals surface area (Å²) in [5, 5.41) is 2.99. The Kier molecular flexibility index (Phi) is 6.95. The SMILES string of the molecule is CCOc1cc(CC)c(NC(=O)c2c(C)oc(C)c(-c3ccccc3)c2=O)c(CC)c1. The summed E-state index contributed by atoms with van der Waals surface area (Å²) in [6.45, 7) is 9.96. The van der Waals surface area contributed by atoms with Gasteiger partial charge in [0, 0.05) is 5.69 Å². The van der Waals surface area contributed by atoms with Crippen LogP contribution < -0.4 is 15.5 Å². The van der Waals surface area contributed by atoms with Crippen LogP contribution in [0, 0.1) is 13.8 Å². The standard InChI is InChI=1S/C26H29NO4/c1-6-18-14-21(30-8-3)15-19(7-2)24(18)27-26(29)23-17(5)31-16(4)22(25(23)28)20-12-10-9-11-13-20/h9-15H,6-8H2,1-5H3,(H,27,29). The number of rotatable bonds is 7. The van der Waals surface area contributed by atoms with Crippen LogP contribution in [0.25, 0.3) is 11.1 Å². The van der Waals surface area contributed by atoms with Gasteiger partial charge in [0.05, 0.1) is 12.2 Å². The Bertz CT molecular complexity index is 1120. The van der Waals surface area contributed by atoms with Crippen molar-refractivity contribution in [2.75, 3.05) is 11.9 Å². The van der Waals surface area contributed by atoms with Crippen LogP contribution in [0.4, 0.5) is 5.69 Å². The fourth-order valence-electron chi connectivity index (χ4n) is 3.86. The normalized spacial score (nSPS) is 10.7. The fourth-order valence-corrected chi connectivity index (χ4v) is 3.86. The van der Waals surface area contributed by atoms with Crippen molar-refractivity contribution < 1.29 is 13.9 Å². The van der Waals surface area contributed by atoms with Crippen LogP contribution in [0.2, 0.25) is 0 Å². The molecule has 0 spiro atoms. The molecule has 3 aromatic rings. The van der Waals surface area contributed by atoms with Crippen molar-refractivity contribution in [2.45, 2.75) is 47.5 Å². The van der Waals surface area contributed by atoms with Crippen molar-refractivity contribution in [2.24, 2.45) is 0 Å². The van der Waals surface area contributed by atoms with Gasteiger partial charge in [-0.2, -0.15) is 0 Å². The van der Waals surface area contributed by atoms with Gasteiger partial charge >= 0.3 is 0 Å². The molecule has 0 radical (unpaired) electrons. The Labute approximate surface area is 183 Å². The first-order valence-corrected chi connectivity index (χ1v) is 10.7. The van der Waals surface area contributed by atoms with Crippen molar-refractivity contribution >= 4 is 11.6 Å². The summed E-state index contributed by atoms with van der Waals surface area (Å²) in [4.78, 5) is 26.6. The Morgan fingerprint density at radius 2 is 1.58 bits per heavy atom. The predicted octanol–water partition coefficient (Wildman–Crippen LogP) is 5.70. The lowest BCUT2D eigenvalue weighted by molar-refractivity contribution is 0.102. The van der Waals surface area contributed by atoms with Gasteiger partial charge in [-0.25, -0.2) is 0 Å². The highest BCUT2D eigenvalue weighted by Gasteiger charge is 2.23. The number of benzene rings is 2. The summed E-state index contributed by atoms with van der Waals surface area (Å²) < 4.78 is 11.5. The molecule has 31 heavy (non-hydrogen) atoms. The van der Waals surface area contributed by atoms with Crippen LogP contribution in [-0.4, -0.2) is 12.5 Å². The summed E-state index contributed by atoms with van der Waals surface area (Å²) in [6, 6.07) is 13.2. The van der Waals surface area contributed by atoms with Gasteiger partial charge in [0.2, 0.25) is 5.43 Å². The molecule has 0 aliphatic carbocycles. The molecule has 1 N–H and O–H groups in total. The fraction of sp³-hybridized carbons (Fsp3) is 0.308. The highest BCUT2D eigenvalue weighted by Crippen LogP contribution is 2.30. The molecule has 1 heterocycles. The number of nitrogens with one attached hydrogen (secondary N) is 1. The van der Waals surface area contributed by atoms with Gasteiger partial charge in [-0.05, 0) is 62.4 Å². The van der Waals surface area contributed by atoms with E-state index in [2.05, 4.69) is 5.32 Å². The molecule has 3 rings (SSSR count). The Balaban J connectivity index is 2.08. The van der Waals surface area contributed by atoms with Crippen LogP contribution >= 0.6 is 0 Å². The molecule has 0 unspecified atom stereocenters. The van der Waals surface area contributed by atoms with Crippen LogP contribution in [-0.2, 0) is 12.8 Å². The van der Waals surface area contributed by atoms with E-state index in [1.54, 1.807) is 13.8 Å². The minimum Gasteiger partial charge on any atom is -0.494 e. The summed E-state index contributed by atoms with van der Waals surface area (Å²) in [5.74, 6) is 1.13. The van der Waals surface area contributed by atoms with Crippen molar-refractivity contribution in [1.29, 1.82) is 0 Å². The molecule has 1 amide bonds. The molecule has 5 nitrogen and oxygen atoms in total. The molecule has 0 saturated carbocycles. The number of aryl methyl sites for hydroxylation is 4. The highest BCUT2D eigenvalue weighted by molar-refractivity contribution is 6.06. The maximum Gasteiger partial charge on any atom is 0.263 e. The number of amides is 1. The number of ether oxygens (including phenoxy) is 1. The molecule has 0 fully saturated rings. The van der Waals surface area contributed by atoms with E-state index in [0.717, 1.165) is 41.0 Å². The molecule has 162 valence electrons. The maximum atomic E-state index is 13.4. The molecule has 1 aromatic heterocycles. The number of hydrogen-bond donors (Lipinski definition) is 1. The number of hydrogen-bond acceptors (Lipinski definition) is 4. The Morgan fingerprint density at radius 3 is 2.13 bits per heavy atom. The van der Waals surface area contributed by atoms with Gasteiger partial charge in [-0.1, -0.05) is 44.2 Å². The van der Waals surface area contributed by atoms with E-state index < -0.39 is 5.91 Å². The minimum atomic E-state index is -0.461. The third kappa shape index (κ3) is 4.55. The Morgan fingerprint density at radius 1 is 0.968 bits per heavy atom. The third-order valence-corrected chi connectivity index (χ3v) is 5.34. The lowest BCUT2D eigenvalue weighted by atomic mass is 10.00. The number of carbonyl (C=O) groups excluding carboxylic acids is 1. The number of anilines is 1. The van der Waals surface area contributed by atoms with E-state index >= 15 is 0 Å². The van der Waals surface area contributed by atoms with Gasteiger partial charge in [-0.15, -0.1) is 0 Å². The van der Waals surface area contributed by atoms with Crippen LogP contribution in [0.1, 0.15) is 53.8 Å². The van der Waals surface area contributed by atoms with Gasteiger partial charge in [0.1, 0.15) is 22.8 Å². The van der Waals surface area contributed by atoms with E-state index in [4.69, 9.17) is 9.15 Å². The second kappa shape index (κ2) is 9.65. The molecular weight excluding hydrogens is 390 g/mol. The predicted molar refractivity (Wildman–Crippen MR) is 124 cm³/mol. The third-order valence-electron chi connectivity index (χ3n) is 5.34. The lowest BCUT2D eigenvalue weighted by Crippen LogP contribution is -2.25. The Hall–Kier alpha value is -3.34. The molecule has 0 aliphatic heterocycles. The second-order valence-corrected chi connectivity index (χ2v) is 7.37. The first-order valence-electron chi connectivity index (χ1n) is 10.7. The summed E-state index contributed by atoms with van der Waals surface area (Å²) in [7, 11) is 0. The first-order chi connectivity index (χ1) is 14.9. The number of carbonyl (C=O) groups is 1. The smallest absolute Gasteiger partial charge is 0.263 e. The van der Waals surface area contributed by atoms with Crippen molar-refractivity contribution in [3.63, 3.8) is 0 Å². The average Bonchev–Trinajstić information content (AvgIpc) is 2.75. The molecule has 0 saturated heterocycles. The van der Waals surface area contributed by atoms with Crippen molar-refractivity contribution in [1.82, 2.24) is 0 Å². The highest BCUT2D eigenvalue weighted by atomic mass is 16.5. The molecule has 2 aromatic carbocycles. The van der Waals surface area contributed by atoms with E-state index in [1.165, 1.54) is 0 Å². The van der Waals surface area contributed by atoms with Gasteiger partial charge in [0.15, 0.2) is 0 Å². The second-order valence-electron chi connectivity index (χ2n) is 7.37. The summed E-state index contributed by atoms with van der Waals surface area (Å²) in [5.41, 5.74) is 3.51. The van der Waals surface area contributed by atoms with E-state index in [9.17, 15) is 9.59 Å². The van der Waals surface area contributed by atoms with Gasteiger partial charge in [-0.3, -0.25) is 9.59 Å². The summed E-state index contributed by atoms with van der Waals surface area (Å²) in [6.07, 6.45) is 1.45. The van der Waals surface area contributed by atoms with E-state index in [1.807, 2.05) is 63.2 Å².